The third-order valence-corrected chi connectivity index (χ3v) is 2.39. The van der Waals surface area contributed by atoms with Crippen LogP contribution in [0.25, 0.3) is 0 Å². The van der Waals surface area contributed by atoms with Gasteiger partial charge in [-0.25, -0.2) is 4.79 Å². The van der Waals surface area contributed by atoms with E-state index in [4.69, 9.17) is 4.74 Å². The first kappa shape index (κ1) is 15.1. The van der Waals surface area contributed by atoms with Crippen molar-refractivity contribution in [3.8, 4) is 11.8 Å². The lowest BCUT2D eigenvalue weighted by atomic mass is 10.1. The van der Waals surface area contributed by atoms with Crippen LogP contribution in [0.4, 0.5) is 5.69 Å². The molecule has 0 aliphatic heterocycles. The van der Waals surface area contributed by atoms with Crippen molar-refractivity contribution < 1.29 is 14.5 Å². The first-order valence-electron chi connectivity index (χ1n) is 5.65. The minimum Gasteiger partial charge on any atom is -0.462 e. The minimum absolute atomic E-state index is 0.147. The number of nitro benzene ring substituents is 1. The monoisotopic (exact) mass is 279 g/mol. The van der Waals surface area contributed by atoms with Crippen LogP contribution in [0.3, 0.4) is 0 Å². The van der Waals surface area contributed by atoms with Crippen molar-refractivity contribution in [2.24, 2.45) is 0 Å². The average Bonchev–Trinajstić information content (AvgIpc) is 2.39. The number of nitro groups is 1. The first-order chi connectivity index (χ1) is 9.10. The summed E-state index contributed by atoms with van der Waals surface area (Å²) >= 11 is 4.00. The van der Waals surface area contributed by atoms with E-state index >= 15 is 0 Å². The smallest absolute Gasteiger partial charge is 0.338 e. The molecule has 19 heavy (non-hydrogen) atoms. The van der Waals surface area contributed by atoms with Gasteiger partial charge in [-0.1, -0.05) is 11.8 Å². The van der Waals surface area contributed by atoms with Crippen molar-refractivity contribution >= 4 is 24.3 Å². The third-order valence-electron chi connectivity index (χ3n) is 2.17. The number of hydrogen-bond acceptors (Lipinski definition) is 5. The second kappa shape index (κ2) is 7.44. The molecular weight excluding hydrogens is 266 g/mol. The van der Waals surface area contributed by atoms with Gasteiger partial charge in [0.15, 0.2) is 0 Å². The lowest BCUT2D eigenvalue weighted by molar-refractivity contribution is -0.385. The van der Waals surface area contributed by atoms with Crippen LogP contribution in [0.1, 0.15) is 29.3 Å². The van der Waals surface area contributed by atoms with Crippen LogP contribution >= 0.6 is 12.6 Å². The van der Waals surface area contributed by atoms with E-state index in [0.717, 1.165) is 0 Å². The number of benzene rings is 1. The summed E-state index contributed by atoms with van der Waals surface area (Å²) in [6, 6.07) is 4.11. The minimum atomic E-state index is -0.583. The van der Waals surface area contributed by atoms with E-state index in [-0.39, 0.29) is 23.4 Å². The Hall–Kier alpha value is -2.00. The van der Waals surface area contributed by atoms with Crippen LogP contribution in [0.2, 0.25) is 0 Å². The molecule has 5 nitrogen and oxygen atoms in total. The van der Waals surface area contributed by atoms with Crippen molar-refractivity contribution in [2.75, 3.05) is 12.4 Å². The summed E-state index contributed by atoms with van der Waals surface area (Å²) in [6.07, 6.45) is 0.542. The zero-order valence-corrected chi connectivity index (χ0v) is 11.3. The predicted octanol–water partition coefficient (Wildman–Crippen LogP) is 2.44. The summed E-state index contributed by atoms with van der Waals surface area (Å²) in [4.78, 5) is 21.9. The van der Waals surface area contributed by atoms with Gasteiger partial charge in [0.05, 0.1) is 17.1 Å². The molecule has 0 saturated heterocycles. The molecule has 0 aromatic heterocycles. The van der Waals surface area contributed by atoms with Gasteiger partial charge in [0.25, 0.3) is 5.69 Å². The highest BCUT2D eigenvalue weighted by molar-refractivity contribution is 7.80. The van der Waals surface area contributed by atoms with Gasteiger partial charge >= 0.3 is 5.97 Å². The summed E-state index contributed by atoms with van der Waals surface area (Å²) in [6.45, 7) is 1.89. The number of carbonyl (C=O) groups is 1. The molecule has 0 spiro atoms. The van der Waals surface area contributed by atoms with E-state index in [0.29, 0.717) is 12.2 Å². The molecule has 0 radical (unpaired) electrons. The highest BCUT2D eigenvalue weighted by Crippen LogP contribution is 2.20. The van der Waals surface area contributed by atoms with Crippen molar-refractivity contribution in [3.63, 3.8) is 0 Å². The lowest BCUT2D eigenvalue weighted by Gasteiger charge is -2.02. The Kier molecular flexibility index (Phi) is 5.90. The number of thiol groups is 1. The number of carbonyl (C=O) groups excluding carboxylic acids is 1. The van der Waals surface area contributed by atoms with Crippen LogP contribution in [-0.2, 0) is 4.74 Å². The molecule has 0 heterocycles. The molecule has 1 aromatic carbocycles. The van der Waals surface area contributed by atoms with Gasteiger partial charge in [-0.15, -0.1) is 0 Å². The summed E-state index contributed by atoms with van der Waals surface area (Å²) in [5.74, 6) is 5.48. The van der Waals surface area contributed by atoms with E-state index in [9.17, 15) is 14.9 Å². The average molecular weight is 279 g/mol. The first-order valence-corrected chi connectivity index (χ1v) is 6.28. The lowest BCUT2D eigenvalue weighted by Crippen LogP contribution is -2.05. The van der Waals surface area contributed by atoms with Gasteiger partial charge in [-0.3, -0.25) is 10.1 Å². The Morgan fingerprint density at radius 3 is 2.84 bits per heavy atom. The fraction of sp³-hybridized carbons (Fsp3) is 0.308. The molecule has 100 valence electrons. The molecule has 0 amide bonds. The zero-order valence-electron chi connectivity index (χ0n) is 10.4. The molecular formula is C13H13NO4S. The van der Waals surface area contributed by atoms with E-state index < -0.39 is 10.9 Å². The summed E-state index contributed by atoms with van der Waals surface area (Å²) in [5, 5.41) is 11.0. The maximum Gasteiger partial charge on any atom is 0.338 e. The number of ether oxygens (including phenoxy) is 1. The molecule has 0 atom stereocenters. The number of nitrogens with zero attached hydrogens (tertiary/aromatic N) is 1. The van der Waals surface area contributed by atoms with Gasteiger partial charge in [0.2, 0.25) is 0 Å². The summed E-state index contributed by atoms with van der Waals surface area (Å²) < 4.78 is 4.79. The zero-order chi connectivity index (χ0) is 14.3. The number of hydrogen-bond donors (Lipinski definition) is 1. The maximum absolute atomic E-state index is 11.5. The molecule has 1 aromatic rings. The Bertz CT molecular complexity index is 545. The molecule has 1 rings (SSSR count). The second-order valence-electron chi connectivity index (χ2n) is 3.48. The van der Waals surface area contributed by atoms with Crippen LogP contribution < -0.4 is 0 Å². The van der Waals surface area contributed by atoms with Crippen molar-refractivity contribution in [1.29, 1.82) is 0 Å². The van der Waals surface area contributed by atoms with Crippen LogP contribution in [0, 0.1) is 22.0 Å². The summed E-state index contributed by atoms with van der Waals surface area (Å²) in [7, 11) is 0. The standard InChI is InChI=1S/C13H13NO4S/c1-2-18-13(15)11-7-6-10(5-3-4-8-19)12(9-11)14(16)17/h6-7,9,19H,2,4,8H2,1H3. The van der Waals surface area contributed by atoms with Gasteiger partial charge in [-0.2, -0.15) is 12.6 Å². The predicted molar refractivity (Wildman–Crippen MR) is 74.4 cm³/mol. The van der Waals surface area contributed by atoms with E-state index in [2.05, 4.69) is 24.5 Å². The largest absolute Gasteiger partial charge is 0.462 e. The molecule has 0 aliphatic rings. The van der Waals surface area contributed by atoms with Crippen molar-refractivity contribution in [3.05, 3.63) is 39.4 Å². The normalized spacial score (nSPS) is 9.37. The Morgan fingerprint density at radius 2 is 2.26 bits per heavy atom. The number of esters is 1. The van der Waals surface area contributed by atoms with Crippen molar-refractivity contribution in [2.45, 2.75) is 13.3 Å². The van der Waals surface area contributed by atoms with Gasteiger partial charge < -0.3 is 4.74 Å². The summed E-state index contributed by atoms with van der Waals surface area (Å²) in [5.41, 5.74) is 0.227. The highest BCUT2D eigenvalue weighted by atomic mass is 32.1. The van der Waals surface area contributed by atoms with Gasteiger partial charge in [0, 0.05) is 18.2 Å². The fourth-order valence-electron chi connectivity index (χ4n) is 1.34. The molecule has 0 fully saturated rings. The quantitative estimate of drug-likeness (QED) is 0.302. The molecule has 0 N–H and O–H groups in total. The molecule has 0 saturated carbocycles. The van der Waals surface area contributed by atoms with Crippen LogP contribution in [0.15, 0.2) is 18.2 Å². The molecule has 0 unspecified atom stereocenters. The highest BCUT2D eigenvalue weighted by Gasteiger charge is 2.16. The Labute approximate surface area is 116 Å². The fourth-order valence-corrected chi connectivity index (χ4v) is 1.46. The van der Waals surface area contributed by atoms with E-state index in [1.54, 1.807) is 6.92 Å². The van der Waals surface area contributed by atoms with E-state index in [1.165, 1.54) is 18.2 Å². The molecule has 0 bridgehead atoms. The van der Waals surface area contributed by atoms with Crippen molar-refractivity contribution in [1.82, 2.24) is 0 Å². The second-order valence-corrected chi connectivity index (χ2v) is 3.93. The maximum atomic E-state index is 11.5. The van der Waals surface area contributed by atoms with Crippen LogP contribution in [-0.4, -0.2) is 23.3 Å². The van der Waals surface area contributed by atoms with Crippen LogP contribution in [0.5, 0.6) is 0 Å². The Balaban J connectivity index is 3.12. The van der Waals surface area contributed by atoms with Gasteiger partial charge in [-0.05, 0) is 19.1 Å². The molecule has 0 aliphatic carbocycles. The molecule has 6 heteroatoms. The topological polar surface area (TPSA) is 69.4 Å². The SMILES string of the molecule is CCOC(=O)c1ccc(C#CCCS)c([N+](=O)[O-])c1. The van der Waals surface area contributed by atoms with E-state index in [1.807, 2.05) is 0 Å². The third kappa shape index (κ3) is 4.30. The van der Waals surface area contributed by atoms with Gasteiger partial charge in [0.1, 0.15) is 5.56 Å². The Morgan fingerprint density at radius 1 is 1.53 bits per heavy atom. The number of rotatable bonds is 4.